The van der Waals surface area contributed by atoms with Crippen molar-refractivity contribution in [2.75, 3.05) is 32.8 Å². The van der Waals surface area contributed by atoms with Crippen LogP contribution < -0.4 is 25.2 Å². The lowest BCUT2D eigenvalue weighted by atomic mass is 10.0. The van der Waals surface area contributed by atoms with E-state index in [9.17, 15) is 4.79 Å². The van der Waals surface area contributed by atoms with Crippen molar-refractivity contribution in [2.24, 2.45) is 5.92 Å². The van der Waals surface area contributed by atoms with Gasteiger partial charge in [0.1, 0.15) is 35.4 Å². The average molecular weight is 754 g/mol. The Kier molecular flexibility index (Phi) is 11.0. The van der Waals surface area contributed by atoms with Gasteiger partial charge in [-0.15, -0.1) is 0 Å². The minimum absolute atomic E-state index is 0.0817. The molecule has 0 unspecified atom stereocenters. The number of nitrogens with zero attached hydrogens (tertiary/aromatic N) is 2. The van der Waals surface area contributed by atoms with Crippen LogP contribution in [0.15, 0.2) is 97.2 Å². The van der Waals surface area contributed by atoms with E-state index in [2.05, 4.69) is 70.0 Å². The number of ether oxygens (including phenoxy) is 3. The topological polar surface area (TPSA) is 83.8 Å². The lowest BCUT2D eigenvalue weighted by Gasteiger charge is -2.43. The number of fused-ring (bicyclic) bond motifs is 1. The minimum Gasteiger partial charge on any atom is -0.496 e. The van der Waals surface area contributed by atoms with E-state index < -0.39 is 33.9 Å². The highest BCUT2D eigenvalue weighted by molar-refractivity contribution is 6.99. The van der Waals surface area contributed by atoms with Gasteiger partial charge in [-0.3, -0.25) is 4.79 Å². The molecule has 11 heteroatoms. The molecule has 2 heterocycles. The Labute approximate surface area is 314 Å². The molecule has 1 amide bonds. The van der Waals surface area contributed by atoms with Crippen LogP contribution in [0, 0.1) is 5.92 Å². The van der Waals surface area contributed by atoms with Crippen molar-refractivity contribution in [3.05, 3.63) is 97.2 Å². The monoisotopic (exact) mass is 753 g/mol. The van der Waals surface area contributed by atoms with Crippen LogP contribution in [0.4, 0.5) is 10.2 Å². The van der Waals surface area contributed by atoms with Crippen LogP contribution in [-0.2, 0) is 20.7 Å². The van der Waals surface area contributed by atoms with Crippen LogP contribution in [0.2, 0.25) is 30.7 Å². The zero-order valence-electron chi connectivity index (χ0n) is 32.2. The zero-order valence-corrected chi connectivity index (χ0v) is 34.2. The highest BCUT2D eigenvalue weighted by Gasteiger charge is 2.62. The van der Waals surface area contributed by atoms with E-state index >= 15 is 4.39 Å². The molecule has 6 rings (SSSR count). The van der Waals surface area contributed by atoms with Crippen LogP contribution in [0.25, 0.3) is 22.2 Å². The molecule has 1 aliphatic carbocycles. The van der Waals surface area contributed by atoms with Crippen molar-refractivity contribution in [3.8, 4) is 22.6 Å². The van der Waals surface area contributed by atoms with Crippen LogP contribution in [0.3, 0.4) is 0 Å². The molecular formula is C42H52FN3O5Si2. The van der Waals surface area contributed by atoms with E-state index in [0.29, 0.717) is 29.6 Å². The summed E-state index contributed by atoms with van der Waals surface area (Å²) >= 11 is 0. The standard InChI is InChI=1S/C42H52FN3O5Si2/c1-41(2,3)53(30-16-11-9-12-17-30,31-18-13-10-14-19-31)51-28-42(43)26-34(42)40(47)45-37-23-22-32-33(38-35(48-4)20-15-21-36(38)49-5)27-46(39(32)44-37)29-50-24-25-52(6,7)8/h9-23,27,34H,24-26,28-29H2,1-8H3,(H,44,45,47)/t34-,42+/m0/s1. The number of hydrogen-bond acceptors (Lipinski definition) is 6. The number of hydrogen-bond donors (Lipinski definition) is 1. The molecule has 0 aliphatic heterocycles. The van der Waals surface area contributed by atoms with Gasteiger partial charge in [-0.05, 0) is 52.1 Å². The van der Waals surface area contributed by atoms with E-state index in [0.717, 1.165) is 32.9 Å². The molecule has 0 bridgehead atoms. The Morgan fingerprint density at radius 1 is 0.906 bits per heavy atom. The van der Waals surface area contributed by atoms with Gasteiger partial charge < -0.3 is 28.5 Å². The van der Waals surface area contributed by atoms with Gasteiger partial charge in [0.25, 0.3) is 8.32 Å². The first-order valence-corrected chi connectivity index (χ1v) is 23.9. The number of rotatable bonds is 15. The lowest BCUT2D eigenvalue weighted by Crippen LogP contribution is -2.67. The van der Waals surface area contributed by atoms with Gasteiger partial charge in [-0.25, -0.2) is 9.37 Å². The smallest absolute Gasteiger partial charge is 0.261 e. The number of methoxy groups -OCH3 is 2. The second-order valence-corrected chi connectivity index (χ2v) is 26.1. The van der Waals surface area contributed by atoms with Crippen molar-refractivity contribution in [1.82, 2.24) is 9.55 Å². The number of alkyl halides is 1. The zero-order chi connectivity index (χ0) is 38.0. The molecule has 2 atom stereocenters. The van der Waals surface area contributed by atoms with Crippen LogP contribution >= 0.6 is 0 Å². The Morgan fingerprint density at radius 3 is 2.06 bits per heavy atom. The van der Waals surface area contributed by atoms with E-state index in [1.54, 1.807) is 20.3 Å². The van der Waals surface area contributed by atoms with Crippen molar-refractivity contribution in [1.29, 1.82) is 0 Å². The van der Waals surface area contributed by atoms with Gasteiger partial charge in [-0.1, -0.05) is 107 Å². The summed E-state index contributed by atoms with van der Waals surface area (Å²) in [6, 6.07) is 30.7. The second kappa shape index (κ2) is 15.2. The predicted octanol–water partition coefficient (Wildman–Crippen LogP) is 8.28. The SMILES string of the molecule is COc1cccc(OC)c1-c1cn(COCC[Si](C)(C)C)c2nc(NC(=O)[C@@H]3C[C@@]3(F)CO[Si](c3ccccc3)(c3ccccc3)C(C)(C)C)ccc12. The summed E-state index contributed by atoms with van der Waals surface area (Å²) in [4.78, 5) is 18.6. The molecule has 0 radical (unpaired) electrons. The highest BCUT2D eigenvalue weighted by Crippen LogP contribution is 2.50. The summed E-state index contributed by atoms with van der Waals surface area (Å²) in [6.45, 7) is 14.2. The predicted molar refractivity (Wildman–Crippen MR) is 217 cm³/mol. The minimum atomic E-state index is -2.97. The van der Waals surface area contributed by atoms with Crippen molar-refractivity contribution >= 4 is 49.5 Å². The Balaban J connectivity index is 1.26. The number of pyridine rings is 1. The van der Waals surface area contributed by atoms with Crippen molar-refractivity contribution in [2.45, 2.75) is 70.3 Å². The third-order valence-corrected chi connectivity index (χ3v) is 16.9. The number of amides is 1. The molecule has 2 aromatic heterocycles. The fourth-order valence-electron chi connectivity index (χ4n) is 7.16. The fraction of sp³-hybridized carbons (Fsp3) is 0.381. The summed E-state index contributed by atoms with van der Waals surface area (Å²) in [7, 11) is -1.01. The van der Waals surface area contributed by atoms with Crippen molar-refractivity contribution in [3.63, 3.8) is 0 Å². The number of carbonyl (C=O) groups is 1. The van der Waals surface area contributed by atoms with E-state index in [1.165, 1.54) is 0 Å². The van der Waals surface area contributed by atoms with Crippen LogP contribution in [0.1, 0.15) is 27.2 Å². The largest absolute Gasteiger partial charge is 0.496 e. The third kappa shape index (κ3) is 7.99. The molecule has 280 valence electrons. The normalized spacial score (nSPS) is 17.5. The van der Waals surface area contributed by atoms with Gasteiger partial charge in [0.2, 0.25) is 5.91 Å². The molecule has 1 saturated carbocycles. The van der Waals surface area contributed by atoms with Gasteiger partial charge in [0, 0.05) is 31.8 Å². The van der Waals surface area contributed by atoms with Gasteiger partial charge >= 0.3 is 0 Å². The first-order chi connectivity index (χ1) is 25.2. The second-order valence-electron chi connectivity index (χ2n) is 16.2. The molecule has 0 spiro atoms. The summed E-state index contributed by atoms with van der Waals surface area (Å²) in [6.07, 6.45) is 2.06. The molecule has 0 saturated heterocycles. The first-order valence-electron chi connectivity index (χ1n) is 18.2. The maximum Gasteiger partial charge on any atom is 0.261 e. The summed E-state index contributed by atoms with van der Waals surface area (Å²) in [5.41, 5.74) is 0.484. The highest BCUT2D eigenvalue weighted by atomic mass is 28.4. The van der Waals surface area contributed by atoms with E-state index in [1.807, 2.05) is 71.4 Å². The quantitative estimate of drug-likeness (QED) is 0.0857. The van der Waals surface area contributed by atoms with Crippen molar-refractivity contribution < 1.29 is 27.8 Å². The summed E-state index contributed by atoms with van der Waals surface area (Å²) < 4.78 is 43.0. The Morgan fingerprint density at radius 2 is 1.51 bits per heavy atom. The molecule has 53 heavy (non-hydrogen) atoms. The average Bonchev–Trinajstić information content (AvgIpc) is 3.69. The summed E-state index contributed by atoms with van der Waals surface area (Å²) in [5, 5.41) is 5.59. The number of nitrogens with one attached hydrogen (secondary N) is 1. The van der Waals surface area contributed by atoms with Gasteiger partial charge in [-0.2, -0.15) is 0 Å². The summed E-state index contributed by atoms with van der Waals surface area (Å²) in [5.74, 6) is 0.386. The fourth-order valence-corrected chi connectivity index (χ4v) is 12.5. The molecule has 5 aromatic rings. The molecule has 8 nitrogen and oxygen atoms in total. The van der Waals surface area contributed by atoms with Crippen LogP contribution in [-0.4, -0.2) is 65.0 Å². The number of benzene rings is 3. The maximum atomic E-state index is 16.5. The number of carbonyl (C=O) groups excluding carboxylic acids is 1. The molecule has 3 aromatic carbocycles. The lowest BCUT2D eigenvalue weighted by molar-refractivity contribution is -0.118. The van der Waals surface area contributed by atoms with Gasteiger partial charge in [0.05, 0.1) is 32.3 Å². The number of aromatic nitrogens is 2. The van der Waals surface area contributed by atoms with Gasteiger partial charge in [0.15, 0.2) is 0 Å². The molecule has 1 N–H and O–H groups in total. The van der Waals surface area contributed by atoms with Crippen LogP contribution in [0.5, 0.6) is 11.5 Å². The third-order valence-electron chi connectivity index (χ3n) is 10.2. The Bertz CT molecular complexity index is 1980. The molecule has 1 aliphatic rings. The maximum absolute atomic E-state index is 16.5. The number of halogens is 1. The molecular weight excluding hydrogens is 702 g/mol. The van der Waals surface area contributed by atoms with E-state index in [4.69, 9.17) is 23.6 Å². The molecule has 1 fully saturated rings. The first kappa shape index (κ1) is 38.4. The Hall–Kier alpha value is -4.30. The van der Waals surface area contributed by atoms with E-state index in [-0.39, 0.29) is 24.8 Å². The number of anilines is 1.